The van der Waals surface area contributed by atoms with Gasteiger partial charge in [-0.05, 0) is 37.3 Å². The summed E-state index contributed by atoms with van der Waals surface area (Å²) < 4.78 is 7.83. The van der Waals surface area contributed by atoms with Gasteiger partial charge in [0.2, 0.25) is 0 Å². The second kappa shape index (κ2) is 7.35. The van der Waals surface area contributed by atoms with Gasteiger partial charge in [-0.2, -0.15) is 5.10 Å². The maximum atomic E-state index is 6.21. The molecule has 4 rings (SSSR count). The van der Waals surface area contributed by atoms with E-state index >= 15 is 0 Å². The molecule has 0 aliphatic carbocycles. The smallest absolute Gasteiger partial charge is 0.129 e. The normalized spacial score (nSPS) is 12.3. The van der Waals surface area contributed by atoms with Crippen molar-refractivity contribution in [1.82, 2.24) is 19.7 Å². The fraction of sp³-hybridized carbons (Fsp3) is 0.105. The lowest BCUT2D eigenvalue weighted by atomic mass is 10.1. The van der Waals surface area contributed by atoms with Crippen LogP contribution in [0.15, 0.2) is 55.1 Å². The van der Waals surface area contributed by atoms with Crippen molar-refractivity contribution in [3.8, 4) is 11.4 Å². The van der Waals surface area contributed by atoms with Crippen LogP contribution in [-0.4, -0.2) is 19.7 Å². The number of aromatic nitrogens is 4. The number of benzene rings is 1. The zero-order valence-electron chi connectivity index (χ0n) is 14.1. The minimum absolute atomic E-state index is 0.332. The molecule has 0 saturated heterocycles. The van der Waals surface area contributed by atoms with Gasteiger partial charge >= 0.3 is 0 Å². The molecule has 3 heterocycles. The molecule has 0 aliphatic heterocycles. The first-order valence-corrected chi connectivity index (χ1v) is 9.21. The standard InChI is InChI=1S/C19H13Cl3N4O/c1-11(19-15(20)9-23-10-16(19)21)27-14-3-4-17-12(6-14)7-25-26(17)13-2-5-18(22)24-8-13/h2-11H,1H3/t11-/m1/s1. The summed E-state index contributed by atoms with van der Waals surface area (Å²) in [6.07, 6.45) is 6.22. The van der Waals surface area contributed by atoms with Gasteiger partial charge in [0.15, 0.2) is 0 Å². The molecular weight excluding hydrogens is 407 g/mol. The Bertz CT molecular complexity index is 1090. The molecule has 8 heteroatoms. The van der Waals surface area contributed by atoms with Gasteiger partial charge in [-0.1, -0.05) is 34.8 Å². The van der Waals surface area contributed by atoms with Crippen molar-refractivity contribution in [3.63, 3.8) is 0 Å². The van der Waals surface area contributed by atoms with Crippen LogP contribution < -0.4 is 4.74 Å². The molecule has 1 aromatic carbocycles. The van der Waals surface area contributed by atoms with Gasteiger partial charge in [-0.3, -0.25) is 4.98 Å². The van der Waals surface area contributed by atoms with E-state index in [-0.39, 0.29) is 6.10 Å². The van der Waals surface area contributed by atoms with E-state index in [0.717, 1.165) is 16.6 Å². The molecule has 0 radical (unpaired) electrons. The molecule has 136 valence electrons. The topological polar surface area (TPSA) is 52.8 Å². The minimum Gasteiger partial charge on any atom is -0.486 e. The lowest BCUT2D eigenvalue weighted by Gasteiger charge is -2.17. The molecule has 0 spiro atoms. The van der Waals surface area contributed by atoms with E-state index in [2.05, 4.69) is 15.1 Å². The Morgan fingerprint density at radius 2 is 1.74 bits per heavy atom. The molecule has 3 aromatic heterocycles. The van der Waals surface area contributed by atoms with E-state index in [1.165, 1.54) is 0 Å². The van der Waals surface area contributed by atoms with Crippen molar-refractivity contribution in [2.75, 3.05) is 0 Å². The van der Waals surface area contributed by atoms with E-state index in [4.69, 9.17) is 39.5 Å². The van der Waals surface area contributed by atoms with Crippen LogP contribution in [0.4, 0.5) is 0 Å². The molecule has 0 saturated carbocycles. The highest BCUT2D eigenvalue weighted by molar-refractivity contribution is 6.35. The Labute approximate surface area is 170 Å². The van der Waals surface area contributed by atoms with Crippen molar-refractivity contribution in [3.05, 3.63) is 75.9 Å². The molecule has 0 unspecified atom stereocenters. The van der Waals surface area contributed by atoms with E-state index in [1.54, 1.807) is 35.5 Å². The summed E-state index contributed by atoms with van der Waals surface area (Å²) in [6, 6.07) is 9.33. The summed E-state index contributed by atoms with van der Waals surface area (Å²) in [5.41, 5.74) is 2.46. The third-order valence-corrected chi connectivity index (χ3v) is 4.93. The Morgan fingerprint density at radius 1 is 0.963 bits per heavy atom. The number of ether oxygens (including phenoxy) is 1. The Balaban J connectivity index is 1.64. The number of rotatable bonds is 4. The van der Waals surface area contributed by atoms with Gasteiger partial charge < -0.3 is 4.74 Å². The van der Waals surface area contributed by atoms with Gasteiger partial charge in [0.1, 0.15) is 17.0 Å². The van der Waals surface area contributed by atoms with E-state index < -0.39 is 0 Å². The van der Waals surface area contributed by atoms with Crippen LogP contribution in [-0.2, 0) is 0 Å². The zero-order chi connectivity index (χ0) is 19.0. The second-order valence-corrected chi connectivity index (χ2v) is 7.09. The number of hydrogen-bond donors (Lipinski definition) is 0. The molecule has 5 nitrogen and oxygen atoms in total. The number of pyridine rings is 2. The fourth-order valence-corrected chi connectivity index (χ4v) is 3.64. The van der Waals surface area contributed by atoms with Crippen molar-refractivity contribution in [2.45, 2.75) is 13.0 Å². The van der Waals surface area contributed by atoms with Crippen molar-refractivity contribution >= 4 is 45.7 Å². The van der Waals surface area contributed by atoms with Crippen LogP contribution in [0, 0.1) is 0 Å². The summed E-state index contributed by atoms with van der Waals surface area (Å²) in [5, 5.41) is 6.74. The SMILES string of the molecule is C[C@@H](Oc1ccc2c(cnn2-c2ccc(Cl)nc2)c1)c1c(Cl)cncc1Cl. The predicted molar refractivity (Wildman–Crippen MR) is 107 cm³/mol. The number of nitrogens with zero attached hydrogens (tertiary/aromatic N) is 4. The monoisotopic (exact) mass is 418 g/mol. The zero-order valence-corrected chi connectivity index (χ0v) is 16.4. The van der Waals surface area contributed by atoms with Crippen LogP contribution in [0.1, 0.15) is 18.6 Å². The third-order valence-electron chi connectivity index (χ3n) is 4.11. The van der Waals surface area contributed by atoms with Crippen LogP contribution >= 0.6 is 34.8 Å². The molecule has 1 atom stereocenters. The first-order chi connectivity index (χ1) is 13.0. The van der Waals surface area contributed by atoms with Crippen molar-refractivity contribution in [1.29, 1.82) is 0 Å². The minimum atomic E-state index is -0.332. The molecule has 0 amide bonds. The molecule has 0 N–H and O–H groups in total. The summed E-state index contributed by atoms with van der Waals surface area (Å²) >= 11 is 18.3. The van der Waals surface area contributed by atoms with Crippen LogP contribution in [0.2, 0.25) is 15.2 Å². The van der Waals surface area contributed by atoms with Crippen LogP contribution in [0.5, 0.6) is 5.75 Å². The van der Waals surface area contributed by atoms with Crippen molar-refractivity contribution < 1.29 is 4.74 Å². The molecular formula is C19H13Cl3N4O. The third kappa shape index (κ3) is 3.58. The molecule has 0 bridgehead atoms. The average molecular weight is 420 g/mol. The van der Waals surface area contributed by atoms with Gasteiger partial charge in [-0.25, -0.2) is 9.67 Å². The highest BCUT2D eigenvalue weighted by Crippen LogP contribution is 2.33. The lowest BCUT2D eigenvalue weighted by Crippen LogP contribution is -2.05. The second-order valence-electron chi connectivity index (χ2n) is 5.89. The van der Waals surface area contributed by atoms with Crippen LogP contribution in [0.3, 0.4) is 0 Å². The Hall–Kier alpha value is -2.34. The molecule has 0 aliphatic rings. The van der Waals surface area contributed by atoms with Gasteiger partial charge in [-0.15, -0.1) is 0 Å². The molecule has 0 fully saturated rings. The van der Waals surface area contributed by atoms with E-state index in [0.29, 0.717) is 26.5 Å². The Kier molecular flexibility index (Phi) is 4.91. The van der Waals surface area contributed by atoms with Gasteiger partial charge in [0.25, 0.3) is 0 Å². The van der Waals surface area contributed by atoms with E-state index in [1.807, 2.05) is 31.2 Å². The summed E-state index contributed by atoms with van der Waals surface area (Å²) in [7, 11) is 0. The maximum Gasteiger partial charge on any atom is 0.129 e. The predicted octanol–water partition coefficient (Wildman–Crippen LogP) is 5.92. The fourth-order valence-electron chi connectivity index (χ4n) is 2.86. The number of hydrogen-bond acceptors (Lipinski definition) is 4. The first kappa shape index (κ1) is 18.0. The van der Waals surface area contributed by atoms with Crippen LogP contribution in [0.25, 0.3) is 16.6 Å². The summed E-state index contributed by atoms with van der Waals surface area (Å²) in [4.78, 5) is 8.07. The highest BCUT2D eigenvalue weighted by atomic mass is 35.5. The Morgan fingerprint density at radius 3 is 2.44 bits per heavy atom. The largest absolute Gasteiger partial charge is 0.486 e. The number of halogens is 3. The molecule has 4 aromatic rings. The summed E-state index contributed by atoms with van der Waals surface area (Å²) in [6.45, 7) is 1.89. The summed E-state index contributed by atoms with van der Waals surface area (Å²) in [5.74, 6) is 0.688. The highest BCUT2D eigenvalue weighted by Gasteiger charge is 2.16. The van der Waals surface area contributed by atoms with E-state index in [9.17, 15) is 0 Å². The van der Waals surface area contributed by atoms with Crippen molar-refractivity contribution in [2.24, 2.45) is 0 Å². The quantitative estimate of drug-likeness (QED) is 0.385. The van der Waals surface area contributed by atoms with Gasteiger partial charge in [0.05, 0.1) is 33.6 Å². The average Bonchev–Trinajstić information content (AvgIpc) is 3.05. The maximum absolute atomic E-state index is 6.21. The molecule has 27 heavy (non-hydrogen) atoms. The lowest BCUT2D eigenvalue weighted by molar-refractivity contribution is 0.227. The van der Waals surface area contributed by atoms with Gasteiger partial charge in [0, 0.05) is 23.3 Å². The first-order valence-electron chi connectivity index (χ1n) is 8.08. The number of fused-ring (bicyclic) bond motifs is 1.